The van der Waals surface area contributed by atoms with Gasteiger partial charge in [0.2, 0.25) is 0 Å². The molecule has 1 aliphatic heterocycles. The molecule has 0 bridgehead atoms. The molecule has 110 valence electrons. The highest BCUT2D eigenvalue weighted by atomic mass is 35.5. The number of nitrogens with zero attached hydrogens (tertiary/aromatic N) is 1. The number of nitrogens with one attached hydrogen (secondary N) is 1. The Morgan fingerprint density at radius 2 is 1.85 bits per heavy atom. The van der Waals surface area contributed by atoms with Gasteiger partial charge in [-0.2, -0.15) is 0 Å². The first-order valence-corrected chi connectivity index (χ1v) is 8.36. The molecule has 1 saturated carbocycles. The molecule has 1 saturated heterocycles. The zero-order chi connectivity index (χ0) is 13.9. The maximum atomic E-state index is 6.11. The van der Waals surface area contributed by atoms with Crippen molar-refractivity contribution < 1.29 is 0 Å². The predicted molar refractivity (Wildman–Crippen MR) is 85.5 cm³/mol. The molecule has 2 aliphatic rings. The van der Waals surface area contributed by atoms with Gasteiger partial charge in [-0.1, -0.05) is 23.2 Å². The summed E-state index contributed by atoms with van der Waals surface area (Å²) in [6, 6.07) is 6.66. The SMILES string of the molecule is Clc1cc(Cl)cc(CN(CC2CCCNC2)C2CC2)c1. The maximum Gasteiger partial charge on any atom is 0.0424 e. The van der Waals surface area contributed by atoms with Crippen LogP contribution < -0.4 is 5.32 Å². The molecule has 0 aromatic heterocycles. The van der Waals surface area contributed by atoms with Crippen molar-refractivity contribution in [2.24, 2.45) is 5.92 Å². The molecule has 4 heteroatoms. The van der Waals surface area contributed by atoms with Crippen LogP contribution in [-0.2, 0) is 6.54 Å². The van der Waals surface area contributed by atoms with E-state index in [9.17, 15) is 0 Å². The summed E-state index contributed by atoms with van der Waals surface area (Å²) in [5.74, 6) is 0.791. The largest absolute Gasteiger partial charge is 0.316 e. The molecule has 0 amide bonds. The Morgan fingerprint density at radius 3 is 2.45 bits per heavy atom. The van der Waals surface area contributed by atoms with Crippen LogP contribution in [0.5, 0.6) is 0 Å². The average Bonchev–Trinajstić information content (AvgIpc) is 3.22. The van der Waals surface area contributed by atoms with Gasteiger partial charge in [0.15, 0.2) is 0 Å². The van der Waals surface area contributed by atoms with Crippen LogP contribution in [0.15, 0.2) is 18.2 Å². The van der Waals surface area contributed by atoms with E-state index in [1.165, 1.54) is 50.9 Å². The maximum absolute atomic E-state index is 6.11. The molecule has 2 fully saturated rings. The lowest BCUT2D eigenvalue weighted by atomic mass is 9.98. The third-order valence-corrected chi connectivity index (χ3v) is 4.70. The van der Waals surface area contributed by atoms with Gasteiger partial charge in [-0.15, -0.1) is 0 Å². The minimum Gasteiger partial charge on any atom is -0.316 e. The Morgan fingerprint density at radius 1 is 1.10 bits per heavy atom. The first-order chi connectivity index (χ1) is 9.70. The molecule has 3 rings (SSSR count). The second-order valence-corrected chi connectivity index (χ2v) is 7.02. The number of hydrogen-bond acceptors (Lipinski definition) is 2. The average molecular weight is 313 g/mol. The van der Waals surface area contributed by atoms with Crippen LogP contribution >= 0.6 is 23.2 Å². The monoisotopic (exact) mass is 312 g/mol. The van der Waals surface area contributed by atoms with E-state index in [0.29, 0.717) is 0 Å². The molecular weight excluding hydrogens is 291 g/mol. The van der Waals surface area contributed by atoms with E-state index >= 15 is 0 Å². The van der Waals surface area contributed by atoms with Gasteiger partial charge in [-0.25, -0.2) is 0 Å². The Hall–Kier alpha value is -0.280. The molecule has 1 aromatic carbocycles. The third kappa shape index (κ3) is 4.11. The van der Waals surface area contributed by atoms with Crippen LogP contribution in [-0.4, -0.2) is 30.6 Å². The fourth-order valence-corrected chi connectivity index (χ4v) is 3.70. The van der Waals surface area contributed by atoms with Crippen molar-refractivity contribution in [1.29, 1.82) is 0 Å². The lowest BCUT2D eigenvalue weighted by Gasteiger charge is -2.30. The smallest absolute Gasteiger partial charge is 0.0424 e. The normalized spacial score (nSPS) is 23.2. The summed E-state index contributed by atoms with van der Waals surface area (Å²) in [7, 11) is 0. The van der Waals surface area contributed by atoms with Crippen molar-refractivity contribution in [2.45, 2.75) is 38.3 Å². The zero-order valence-electron chi connectivity index (χ0n) is 11.7. The minimum absolute atomic E-state index is 0.738. The number of piperidine rings is 1. The molecule has 1 aromatic rings. The van der Waals surface area contributed by atoms with E-state index < -0.39 is 0 Å². The van der Waals surface area contributed by atoms with Crippen molar-refractivity contribution in [3.8, 4) is 0 Å². The molecule has 0 radical (unpaired) electrons. The van der Waals surface area contributed by atoms with Crippen LogP contribution in [0.2, 0.25) is 10.0 Å². The summed E-state index contributed by atoms with van der Waals surface area (Å²) in [6.45, 7) is 4.52. The Labute approximate surface area is 131 Å². The summed E-state index contributed by atoms with van der Waals surface area (Å²) in [5, 5.41) is 4.99. The van der Waals surface area contributed by atoms with E-state index in [1.54, 1.807) is 6.07 Å². The van der Waals surface area contributed by atoms with Crippen LogP contribution in [0.25, 0.3) is 0 Å². The zero-order valence-corrected chi connectivity index (χ0v) is 13.3. The molecule has 1 N–H and O–H groups in total. The Balaban J connectivity index is 1.64. The van der Waals surface area contributed by atoms with Gasteiger partial charge in [-0.05, 0) is 68.5 Å². The second-order valence-electron chi connectivity index (χ2n) is 6.15. The highest BCUT2D eigenvalue weighted by Crippen LogP contribution is 2.31. The third-order valence-electron chi connectivity index (χ3n) is 4.26. The van der Waals surface area contributed by atoms with Gasteiger partial charge in [0, 0.05) is 29.2 Å². The molecule has 0 spiro atoms. The molecule has 1 atom stereocenters. The standard InChI is InChI=1S/C16H22Cl2N2/c17-14-6-13(7-15(18)8-14)11-20(16-3-4-16)10-12-2-1-5-19-9-12/h6-8,12,16,19H,1-5,9-11H2. The molecular formula is C16H22Cl2N2. The molecule has 2 nitrogen and oxygen atoms in total. The second kappa shape index (κ2) is 6.65. The highest BCUT2D eigenvalue weighted by Gasteiger charge is 2.30. The summed E-state index contributed by atoms with van der Waals surface area (Å²) >= 11 is 12.2. The van der Waals surface area contributed by atoms with Gasteiger partial charge < -0.3 is 5.32 Å². The number of benzene rings is 1. The van der Waals surface area contributed by atoms with Crippen molar-refractivity contribution in [3.63, 3.8) is 0 Å². The fraction of sp³-hybridized carbons (Fsp3) is 0.625. The number of hydrogen-bond donors (Lipinski definition) is 1. The highest BCUT2D eigenvalue weighted by molar-refractivity contribution is 6.34. The van der Waals surface area contributed by atoms with Gasteiger partial charge in [0.1, 0.15) is 0 Å². The first-order valence-electron chi connectivity index (χ1n) is 7.60. The van der Waals surface area contributed by atoms with Crippen LogP contribution in [0, 0.1) is 5.92 Å². The Bertz CT molecular complexity index is 434. The Kier molecular flexibility index (Phi) is 4.87. The molecule has 20 heavy (non-hydrogen) atoms. The van der Waals surface area contributed by atoms with Gasteiger partial charge in [-0.3, -0.25) is 4.90 Å². The summed E-state index contributed by atoms with van der Waals surface area (Å²) in [4.78, 5) is 2.62. The summed E-state index contributed by atoms with van der Waals surface area (Å²) in [5.41, 5.74) is 1.23. The van der Waals surface area contributed by atoms with Crippen molar-refractivity contribution in [1.82, 2.24) is 10.2 Å². The van der Waals surface area contributed by atoms with E-state index in [2.05, 4.69) is 10.2 Å². The van der Waals surface area contributed by atoms with Gasteiger partial charge >= 0.3 is 0 Å². The van der Waals surface area contributed by atoms with Crippen molar-refractivity contribution >= 4 is 23.2 Å². The van der Waals surface area contributed by atoms with Crippen molar-refractivity contribution in [2.75, 3.05) is 19.6 Å². The van der Waals surface area contributed by atoms with Gasteiger partial charge in [0.25, 0.3) is 0 Å². The summed E-state index contributed by atoms with van der Waals surface area (Å²) in [6.07, 6.45) is 5.35. The van der Waals surface area contributed by atoms with E-state index in [4.69, 9.17) is 23.2 Å². The lowest BCUT2D eigenvalue weighted by Crippen LogP contribution is -2.39. The van der Waals surface area contributed by atoms with E-state index in [1.807, 2.05) is 12.1 Å². The predicted octanol–water partition coefficient (Wildman–Crippen LogP) is 3.96. The first kappa shape index (κ1) is 14.6. The van der Waals surface area contributed by atoms with E-state index in [0.717, 1.165) is 28.5 Å². The lowest BCUT2D eigenvalue weighted by molar-refractivity contribution is 0.193. The van der Waals surface area contributed by atoms with E-state index in [-0.39, 0.29) is 0 Å². The molecule has 1 heterocycles. The van der Waals surface area contributed by atoms with Crippen LogP contribution in [0.1, 0.15) is 31.2 Å². The van der Waals surface area contributed by atoms with Crippen LogP contribution in [0.3, 0.4) is 0 Å². The quantitative estimate of drug-likeness (QED) is 0.885. The van der Waals surface area contributed by atoms with Crippen molar-refractivity contribution in [3.05, 3.63) is 33.8 Å². The van der Waals surface area contributed by atoms with Gasteiger partial charge in [0.05, 0.1) is 0 Å². The minimum atomic E-state index is 0.738. The fourth-order valence-electron chi connectivity index (χ4n) is 3.13. The summed E-state index contributed by atoms with van der Waals surface area (Å²) < 4.78 is 0. The number of rotatable bonds is 5. The van der Waals surface area contributed by atoms with Crippen LogP contribution in [0.4, 0.5) is 0 Å². The topological polar surface area (TPSA) is 15.3 Å². The molecule has 1 aliphatic carbocycles. The molecule has 1 unspecified atom stereocenters. The number of halogens is 2.